The number of carbonyl (C=O) groups excluding carboxylic acids is 2. The summed E-state index contributed by atoms with van der Waals surface area (Å²) in [6.45, 7) is 2.02. The quantitative estimate of drug-likeness (QED) is 0.457. The van der Waals surface area contributed by atoms with Gasteiger partial charge in [-0.05, 0) is 44.4 Å². The van der Waals surface area contributed by atoms with Gasteiger partial charge in [-0.3, -0.25) is 9.59 Å². The third-order valence-electron chi connectivity index (χ3n) is 3.92. The normalized spacial score (nSPS) is 12.5. The molecule has 0 saturated carbocycles. The van der Waals surface area contributed by atoms with Gasteiger partial charge in [-0.1, -0.05) is 17.8 Å². The summed E-state index contributed by atoms with van der Waals surface area (Å²) >= 11 is 1.18. The lowest BCUT2D eigenvalue weighted by Crippen LogP contribution is -2.17. The molecule has 3 rings (SSSR count). The smallest absolute Gasteiger partial charge is 0.338 e. The zero-order chi connectivity index (χ0) is 18.5. The van der Waals surface area contributed by atoms with Gasteiger partial charge in [0.1, 0.15) is 0 Å². The Morgan fingerprint density at radius 1 is 1.35 bits per heavy atom. The van der Waals surface area contributed by atoms with Gasteiger partial charge < -0.3 is 15.0 Å². The van der Waals surface area contributed by atoms with Crippen LogP contribution in [0.3, 0.4) is 0 Å². The summed E-state index contributed by atoms with van der Waals surface area (Å²) in [6.07, 6.45) is 2.51. The molecule has 0 atom stereocenters. The maximum absolute atomic E-state index is 12.1. The molecule has 0 fully saturated rings. The van der Waals surface area contributed by atoms with Crippen LogP contribution in [0.4, 0.5) is 5.69 Å². The third kappa shape index (κ3) is 4.32. The predicted octanol–water partition coefficient (Wildman–Crippen LogP) is 2.17. The van der Waals surface area contributed by atoms with Crippen molar-refractivity contribution in [2.24, 2.45) is 0 Å². The largest absolute Gasteiger partial charge is 0.462 e. The minimum Gasteiger partial charge on any atom is -0.462 e. The highest BCUT2D eigenvalue weighted by atomic mass is 32.2. The number of nitrogens with one attached hydrogen (secondary N) is 2. The van der Waals surface area contributed by atoms with Gasteiger partial charge in [0.05, 0.1) is 23.6 Å². The van der Waals surface area contributed by atoms with Crippen molar-refractivity contribution in [3.63, 3.8) is 0 Å². The van der Waals surface area contributed by atoms with Crippen LogP contribution in [0, 0.1) is 0 Å². The van der Waals surface area contributed by atoms with E-state index in [9.17, 15) is 14.4 Å². The van der Waals surface area contributed by atoms with Crippen molar-refractivity contribution in [3.05, 3.63) is 51.4 Å². The average Bonchev–Trinajstić information content (AvgIpc) is 3.10. The Morgan fingerprint density at radius 2 is 2.19 bits per heavy atom. The lowest BCUT2D eigenvalue weighted by atomic mass is 10.2. The number of carbonyl (C=O) groups is 2. The van der Waals surface area contributed by atoms with Crippen molar-refractivity contribution in [2.75, 3.05) is 17.7 Å². The third-order valence-corrected chi connectivity index (χ3v) is 4.79. The van der Waals surface area contributed by atoms with Gasteiger partial charge in [0, 0.05) is 11.3 Å². The summed E-state index contributed by atoms with van der Waals surface area (Å²) in [4.78, 5) is 43.0. The second kappa shape index (κ2) is 8.18. The number of hydrogen-bond donors (Lipinski definition) is 2. The maximum Gasteiger partial charge on any atom is 0.338 e. The van der Waals surface area contributed by atoms with Crippen LogP contribution in [0.5, 0.6) is 0 Å². The minimum absolute atomic E-state index is 0.103. The van der Waals surface area contributed by atoms with Gasteiger partial charge in [-0.15, -0.1) is 0 Å². The number of amides is 1. The van der Waals surface area contributed by atoms with Gasteiger partial charge in [0.15, 0.2) is 5.16 Å². The molecular formula is C18H19N3O4S. The fraction of sp³-hybridized carbons (Fsp3) is 0.333. The standard InChI is InChI=1S/C18H19N3O4S/c1-2-25-17(24)11-5-3-6-12(9-11)19-15(22)10-26-18-20-14-8-4-7-13(14)16(23)21-18/h3,5-6,9H,2,4,7-8,10H2,1H3,(H,19,22)(H,20,21,23). The van der Waals surface area contributed by atoms with Crippen LogP contribution < -0.4 is 10.9 Å². The first-order valence-electron chi connectivity index (χ1n) is 8.38. The molecular weight excluding hydrogens is 354 g/mol. The van der Waals surface area contributed by atoms with Crippen LogP contribution in [-0.2, 0) is 22.4 Å². The number of anilines is 1. The average molecular weight is 373 g/mol. The summed E-state index contributed by atoms with van der Waals surface area (Å²) in [6, 6.07) is 6.56. The predicted molar refractivity (Wildman–Crippen MR) is 98.6 cm³/mol. The molecule has 2 N–H and O–H groups in total. The summed E-state index contributed by atoms with van der Waals surface area (Å²) < 4.78 is 4.94. The molecule has 1 aromatic carbocycles. The Balaban J connectivity index is 1.60. The number of esters is 1. The Hall–Kier alpha value is -2.61. The fourth-order valence-corrected chi connectivity index (χ4v) is 3.44. The van der Waals surface area contributed by atoms with Crippen LogP contribution in [0.15, 0.2) is 34.2 Å². The molecule has 1 aliphatic carbocycles. The molecule has 1 amide bonds. The minimum atomic E-state index is -0.433. The van der Waals surface area contributed by atoms with Gasteiger partial charge >= 0.3 is 5.97 Å². The van der Waals surface area contributed by atoms with Crippen LogP contribution >= 0.6 is 11.8 Å². The Bertz CT molecular complexity index is 894. The highest BCUT2D eigenvalue weighted by Crippen LogP contribution is 2.20. The molecule has 26 heavy (non-hydrogen) atoms. The Kier molecular flexibility index (Phi) is 5.72. The number of ether oxygens (including phenoxy) is 1. The molecule has 0 unspecified atom stereocenters. The van der Waals surface area contributed by atoms with E-state index in [4.69, 9.17) is 4.74 Å². The van der Waals surface area contributed by atoms with Crippen molar-refractivity contribution in [2.45, 2.75) is 31.3 Å². The molecule has 136 valence electrons. The van der Waals surface area contributed by atoms with E-state index >= 15 is 0 Å². The van der Waals surface area contributed by atoms with Crippen molar-refractivity contribution in [1.29, 1.82) is 0 Å². The van der Waals surface area contributed by atoms with Crippen molar-refractivity contribution >= 4 is 29.3 Å². The number of aromatic amines is 1. The highest BCUT2D eigenvalue weighted by molar-refractivity contribution is 7.99. The number of hydrogen-bond acceptors (Lipinski definition) is 6. The van der Waals surface area contributed by atoms with E-state index in [0.29, 0.717) is 16.4 Å². The number of benzene rings is 1. The molecule has 0 spiro atoms. The van der Waals surface area contributed by atoms with Crippen molar-refractivity contribution in [1.82, 2.24) is 9.97 Å². The summed E-state index contributed by atoms with van der Waals surface area (Å²) in [5.74, 6) is -0.581. The number of rotatable bonds is 6. The van der Waals surface area contributed by atoms with Crippen molar-refractivity contribution < 1.29 is 14.3 Å². The SMILES string of the molecule is CCOC(=O)c1cccc(NC(=O)CSc2nc3c(c(=O)[nH]2)CCC3)c1. The summed E-state index contributed by atoms with van der Waals surface area (Å²) in [5, 5.41) is 3.18. The van der Waals surface area contributed by atoms with E-state index in [-0.39, 0.29) is 23.8 Å². The topological polar surface area (TPSA) is 101 Å². The van der Waals surface area contributed by atoms with E-state index in [1.54, 1.807) is 31.2 Å². The number of nitrogens with zero attached hydrogens (tertiary/aromatic N) is 1. The van der Waals surface area contributed by atoms with Crippen LogP contribution in [0.2, 0.25) is 0 Å². The zero-order valence-corrected chi connectivity index (χ0v) is 15.1. The first-order chi connectivity index (χ1) is 12.6. The zero-order valence-electron chi connectivity index (χ0n) is 14.3. The molecule has 8 heteroatoms. The molecule has 1 aromatic heterocycles. The summed E-state index contributed by atoms with van der Waals surface area (Å²) in [5.41, 5.74) is 2.37. The second-order valence-corrected chi connectivity index (χ2v) is 6.75. The first-order valence-corrected chi connectivity index (χ1v) is 9.37. The number of aromatic nitrogens is 2. The van der Waals surface area contributed by atoms with Gasteiger partial charge in [0.25, 0.3) is 5.56 Å². The number of aryl methyl sites for hydroxylation is 1. The van der Waals surface area contributed by atoms with Gasteiger partial charge in [-0.2, -0.15) is 0 Å². The van der Waals surface area contributed by atoms with E-state index < -0.39 is 5.97 Å². The summed E-state index contributed by atoms with van der Waals surface area (Å²) in [7, 11) is 0. The first kappa shape index (κ1) is 18.2. The molecule has 7 nitrogen and oxygen atoms in total. The number of thioether (sulfide) groups is 1. The van der Waals surface area contributed by atoms with Crippen LogP contribution in [0.1, 0.15) is 35.0 Å². The van der Waals surface area contributed by atoms with E-state index in [2.05, 4.69) is 15.3 Å². The van der Waals surface area contributed by atoms with E-state index in [0.717, 1.165) is 30.5 Å². The van der Waals surface area contributed by atoms with Gasteiger partial charge in [-0.25, -0.2) is 9.78 Å². The van der Waals surface area contributed by atoms with Crippen LogP contribution in [0.25, 0.3) is 0 Å². The lowest BCUT2D eigenvalue weighted by molar-refractivity contribution is -0.113. The number of fused-ring (bicyclic) bond motifs is 1. The molecule has 1 aliphatic rings. The molecule has 0 saturated heterocycles. The molecule has 0 aliphatic heterocycles. The highest BCUT2D eigenvalue weighted by Gasteiger charge is 2.17. The maximum atomic E-state index is 12.1. The van der Waals surface area contributed by atoms with E-state index in [1.807, 2.05) is 0 Å². The Morgan fingerprint density at radius 3 is 3.00 bits per heavy atom. The molecule has 2 aromatic rings. The van der Waals surface area contributed by atoms with Gasteiger partial charge in [0.2, 0.25) is 5.91 Å². The Labute approximate surface area is 154 Å². The van der Waals surface area contributed by atoms with E-state index in [1.165, 1.54) is 11.8 Å². The monoisotopic (exact) mass is 373 g/mol. The van der Waals surface area contributed by atoms with Crippen molar-refractivity contribution in [3.8, 4) is 0 Å². The lowest BCUT2D eigenvalue weighted by Gasteiger charge is -2.07. The molecule has 0 radical (unpaired) electrons. The number of H-pyrrole nitrogens is 1. The molecule has 1 heterocycles. The second-order valence-electron chi connectivity index (χ2n) is 5.79. The van der Waals surface area contributed by atoms with Crippen LogP contribution in [-0.4, -0.2) is 34.2 Å². The fourth-order valence-electron chi connectivity index (χ4n) is 2.76. The molecule has 0 bridgehead atoms.